The summed E-state index contributed by atoms with van der Waals surface area (Å²) in [6, 6.07) is 15.1. The fourth-order valence-corrected chi connectivity index (χ4v) is 3.44. The summed E-state index contributed by atoms with van der Waals surface area (Å²) in [4.78, 5) is 12.0. The van der Waals surface area contributed by atoms with E-state index in [9.17, 15) is 4.79 Å². The number of oxazole rings is 1. The average Bonchev–Trinajstić information content (AvgIpc) is 3.26. The predicted octanol–water partition coefficient (Wildman–Crippen LogP) is 3.37. The normalized spacial score (nSPS) is 11.1. The van der Waals surface area contributed by atoms with Gasteiger partial charge in [-0.05, 0) is 29.8 Å². The van der Waals surface area contributed by atoms with Crippen LogP contribution in [0.15, 0.2) is 67.4 Å². The minimum absolute atomic E-state index is 0.359. The number of rotatable bonds is 7. The number of fused-ring (bicyclic) bond motifs is 1. The van der Waals surface area contributed by atoms with E-state index >= 15 is 0 Å². The van der Waals surface area contributed by atoms with Crippen LogP contribution in [0.1, 0.15) is 11.5 Å². The Labute approximate surface area is 159 Å². The molecule has 0 radical (unpaired) electrons. The molecule has 2 aromatic carbocycles. The molecule has 138 valence electrons. The Morgan fingerprint density at radius 2 is 1.89 bits per heavy atom. The number of hydrogen-bond acceptors (Lipinski definition) is 7. The third kappa shape index (κ3) is 3.90. The van der Waals surface area contributed by atoms with E-state index < -0.39 is 0 Å². The van der Waals surface area contributed by atoms with E-state index in [4.69, 9.17) is 13.6 Å². The van der Waals surface area contributed by atoms with Gasteiger partial charge in [-0.3, -0.25) is 4.57 Å². The number of hydrogen-bond donors (Lipinski definition) is 0. The Hall–Kier alpha value is -3.00. The summed E-state index contributed by atoms with van der Waals surface area (Å²) in [6.07, 6.45) is 0.559. The highest BCUT2D eigenvalue weighted by Gasteiger charge is 2.11. The molecule has 2 aromatic heterocycles. The van der Waals surface area contributed by atoms with E-state index in [1.54, 1.807) is 17.7 Å². The zero-order valence-corrected chi connectivity index (χ0v) is 15.4. The lowest BCUT2D eigenvalue weighted by atomic mass is 10.1. The van der Waals surface area contributed by atoms with E-state index in [0.717, 1.165) is 16.8 Å². The van der Waals surface area contributed by atoms with Crippen molar-refractivity contribution in [2.24, 2.45) is 0 Å². The summed E-state index contributed by atoms with van der Waals surface area (Å²) in [5.41, 5.74) is 2.44. The smallest absolute Gasteiger partial charge is 0.419 e. The lowest BCUT2D eigenvalue weighted by Gasteiger charge is -2.01. The molecule has 4 aromatic rings. The summed E-state index contributed by atoms with van der Waals surface area (Å²) in [5, 5.41) is 8.63. The van der Waals surface area contributed by atoms with Crippen molar-refractivity contribution in [3.05, 3.63) is 70.5 Å². The molecule has 0 N–H and O–H groups in total. The zero-order valence-electron chi connectivity index (χ0n) is 14.6. The number of para-hydroxylation sites is 2. The van der Waals surface area contributed by atoms with Crippen LogP contribution in [0.4, 0.5) is 0 Å². The molecule has 0 spiro atoms. The molecule has 0 saturated carbocycles. The molecule has 7 nitrogen and oxygen atoms in total. The number of aromatic nitrogens is 3. The van der Waals surface area contributed by atoms with Gasteiger partial charge in [-0.15, -0.1) is 10.2 Å². The van der Waals surface area contributed by atoms with Crippen LogP contribution < -0.4 is 10.5 Å². The van der Waals surface area contributed by atoms with Crippen LogP contribution in [0.25, 0.3) is 11.1 Å². The van der Waals surface area contributed by atoms with Gasteiger partial charge in [-0.25, -0.2) is 4.79 Å². The van der Waals surface area contributed by atoms with Gasteiger partial charge in [0, 0.05) is 12.3 Å². The fourth-order valence-electron chi connectivity index (χ4n) is 2.74. The third-order valence-corrected chi connectivity index (χ3v) is 4.88. The van der Waals surface area contributed by atoms with Crippen molar-refractivity contribution in [2.45, 2.75) is 18.2 Å². The van der Waals surface area contributed by atoms with Crippen molar-refractivity contribution in [2.75, 3.05) is 12.9 Å². The van der Waals surface area contributed by atoms with E-state index in [1.165, 1.54) is 11.8 Å². The highest BCUT2D eigenvalue weighted by Crippen LogP contribution is 2.20. The zero-order chi connectivity index (χ0) is 18.6. The monoisotopic (exact) mass is 383 g/mol. The average molecular weight is 383 g/mol. The topological polar surface area (TPSA) is 83.3 Å². The van der Waals surface area contributed by atoms with E-state index in [1.807, 2.05) is 42.5 Å². The largest absolute Gasteiger partial charge is 0.497 e. The standard InChI is InChI=1S/C19H17N3O4S/c1-24-14-8-6-13(7-9-14)12-17-20-21-18(26-17)27-11-10-22-15-4-2-3-5-16(15)25-19(22)23/h2-9H,10-12H2,1H3. The summed E-state index contributed by atoms with van der Waals surface area (Å²) in [7, 11) is 1.64. The Balaban J connectivity index is 1.36. The molecule has 0 aliphatic carbocycles. The number of methoxy groups -OCH3 is 1. The van der Waals surface area contributed by atoms with Crippen molar-refractivity contribution in [3.8, 4) is 5.75 Å². The first-order valence-corrected chi connectivity index (χ1v) is 9.38. The molecule has 0 aliphatic rings. The molecule has 0 bridgehead atoms. The molecule has 0 aliphatic heterocycles. The lowest BCUT2D eigenvalue weighted by Crippen LogP contribution is -2.15. The van der Waals surface area contributed by atoms with Crippen molar-refractivity contribution in [1.29, 1.82) is 0 Å². The number of nitrogens with zero attached hydrogens (tertiary/aromatic N) is 3. The molecular weight excluding hydrogens is 366 g/mol. The Morgan fingerprint density at radius 3 is 2.70 bits per heavy atom. The van der Waals surface area contributed by atoms with Crippen molar-refractivity contribution >= 4 is 22.9 Å². The first kappa shape index (κ1) is 17.4. The van der Waals surface area contributed by atoms with E-state index in [2.05, 4.69) is 10.2 Å². The Bertz CT molecular complexity index is 1100. The maximum Gasteiger partial charge on any atom is 0.419 e. The van der Waals surface area contributed by atoms with Crippen molar-refractivity contribution in [1.82, 2.24) is 14.8 Å². The summed E-state index contributed by atoms with van der Waals surface area (Å²) >= 11 is 1.41. The van der Waals surface area contributed by atoms with Crippen LogP contribution in [0.5, 0.6) is 5.75 Å². The highest BCUT2D eigenvalue weighted by atomic mass is 32.2. The minimum Gasteiger partial charge on any atom is -0.497 e. The van der Waals surface area contributed by atoms with Gasteiger partial charge in [0.2, 0.25) is 5.89 Å². The SMILES string of the molecule is COc1ccc(Cc2nnc(SCCn3c(=O)oc4ccccc43)o2)cc1. The molecule has 0 saturated heterocycles. The van der Waals surface area contributed by atoms with Crippen LogP contribution in [-0.4, -0.2) is 27.6 Å². The minimum atomic E-state index is -0.359. The number of benzene rings is 2. The number of ether oxygens (including phenoxy) is 1. The Morgan fingerprint density at radius 1 is 1.07 bits per heavy atom. The maximum absolute atomic E-state index is 12.0. The van der Waals surface area contributed by atoms with Crippen LogP contribution in [-0.2, 0) is 13.0 Å². The second-order valence-electron chi connectivity index (χ2n) is 5.82. The van der Waals surface area contributed by atoms with Gasteiger partial charge in [-0.2, -0.15) is 0 Å². The molecule has 0 fully saturated rings. The van der Waals surface area contributed by atoms with Gasteiger partial charge in [0.25, 0.3) is 5.22 Å². The molecular formula is C19H17N3O4S. The number of thioether (sulfide) groups is 1. The molecule has 0 atom stereocenters. The lowest BCUT2D eigenvalue weighted by molar-refractivity contribution is 0.413. The van der Waals surface area contributed by atoms with Gasteiger partial charge >= 0.3 is 5.76 Å². The first-order valence-electron chi connectivity index (χ1n) is 8.39. The van der Waals surface area contributed by atoms with Gasteiger partial charge in [-0.1, -0.05) is 36.0 Å². The van der Waals surface area contributed by atoms with Gasteiger partial charge in [0.15, 0.2) is 5.58 Å². The molecule has 27 heavy (non-hydrogen) atoms. The van der Waals surface area contributed by atoms with Crippen LogP contribution in [0, 0.1) is 0 Å². The highest BCUT2D eigenvalue weighted by molar-refractivity contribution is 7.99. The quantitative estimate of drug-likeness (QED) is 0.452. The van der Waals surface area contributed by atoms with Gasteiger partial charge in [0.05, 0.1) is 19.0 Å². The number of aryl methyl sites for hydroxylation is 1. The molecule has 0 amide bonds. The van der Waals surface area contributed by atoms with Gasteiger partial charge in [0.1, 0.15) is 5.75 Å². The second kappa shape index (κ2) is 7.71. The van der Waals surface area contributed by atoms with Crippen molar-refractivity contribution < 1.29 is 13.6 Å². The molecule has 4 rings (SSSR count). The van der Waals surface area contributed by atoms with Crippen molar-refractivity contribution in [3.63, 3.8) is 0 Å². The molecule has 2 heterocycles. The van der Waals surface area contributed by atoms with E-state index in [0.29, 0.717) is 35.4 Å². The fraction of sp³-hybridized carbons (Fsp3) is 0.211. The predicted molar refractivity (Wildman–Crippen MR) is 101 cm³/mol. The maximum atomic E-state index is 12.0. The third-order valence-electron chi connectivity index (χ3n) is 4.08. The Kier molecular flexibility index (Phi) is 4.97. The summed E-state index contributed by atoms with van der Waals surface area (Å²) in [5.74, 6) is 1.62. The van der Waals surface area contributed by atoms with E-state index in [-0.39, 0.29) is 5.76 Å². The van der Waals surface area contributed by atoms with Crippen LogP contribution in [0.3, 0.4) is 0 Å². The second-order valence-corrected chi connectivity index (χ2v) is 6.87. The summed E-state index contributed by atoms with van der Waals surface area (Å²) < 4.78 is 17.7. The molecule has 0 unspecified atom stereocenters. The first-order chi connectivity index (χ1) is 13.2. The van der Waals surface area contributed by atoms with Crippen LogP contribution in [0.2, 0.25) is 0 Å². The molecule has 8 heteroatoms. The van der Waals surface area contributed by atoms with Crippen LogP contribution >= 0.6 is 11.8 Å². The van der Waals surface area contributed by atoms with Gasteiger partial charge < -0.3 is 13.6 Å². The summed E-state index contributed by atoms with van der Waals surface area (Å²) in [6.45, 7) is 0.497.